The summed E-state index contributed by atoms with van der Waals surface area (Å²) in [6, 6.07) is 0. The van der Waals surface area contributed by atoms with Gasteiger partial charge in [-0.05, 0) is 67.8 Å². The minimum absolute atomic E-state index is 0.0582. The maximum atomic E-state index is 12.1. The smallest absolute Gasteiger partial charge is 0.337 e. The first-order chi connectivity index (χ1) is 8.82. The van der Waals surface area contributed by atoms with Gasteiger partial charge < -0.3 is 16.2 Å². The molecular weight excluding hydrogens is 589 g/mol. The highest BCUT2D eigenvalue weighted by Gasteiger charge is 2.26. The lowest BCUT2D eigenvalue weighted by Crippen LogP contribution is -2.27. The van der Waals surface area contributed by atoms with E-state index in [1.165, 1.54) is 0 Å². The molecule has 0 heterocycles. The van der Waals surface area contributed by atoms with Crippen LogP contribution in [0, 0.1) is 10.7 Å². The number of nitrogens with one attached hydrogen (secondary N) is 1. The first-order valence-corrected chi connectivity index (χ1v) is 8.14. The second-order valence-electron chi connectivity index (χ2n) is 3.41. The summed E-state index contributed by atoms with van der Waals surface area (Å²) in [5.41, 5.74) is 6.53. The van der Waals surface area contributed by atoms with Gasteiger partial charge in [0.05, 0.1) is 24.0 Å². The van der Waals surface area contributed by atoms with E-state index in [1.54, 1.807) is 6.08 Å². The van der Waals surface area contributed by atoms with E-state index >= 15 is 0 Å². The highest BCUT2D eigenvalue weighted by Crippen LogP contribution is 2.33. The predicted molar refractivity (Wildman–Crippen MR) is 98.5 cm³/mol. The third kappa shape index (κ3) is 3.51. The number of nitrogens with two attached hydrogens (primary N) is 1. The number of hydrogen-bond acceptors (Lipinski definition) is 3. The summed E-state index contributed by atoms with van der Waals surface area (Å²) >= 11 is 5.68. The van der Waals surface area contributed by atoms with Crippen LogP contribution in [0.15, 0.2) is 12.7 Å². The molecule has 0 bridgehead atoms. The minimum atomic E-state index is -1.10. The normalized spacial score (nSPS) is 10.1. The van der Waals surface area contributed by atoms with Crippen molar-refractivity contribution in [3.8, 4) is 0 Å². The van der Waals surface area contributed by atoms with E-state index in [4.69, 9.17) is 5.73 Å². The van der Waals surface area contributed by atoms with Crippen LogP contribution in [0.3, 0.4) is 0 Å². The van der Waals surface area contributed by atoms with Crippen molar-refractivity contribution in [3.63, 3.8) is 0 Å². The fourth-order valence-electron chi connectivity index (χ4n) is 1.32. The lowest BCUT2D eigenvalue weighted by atomic mass is 10.1. The van der Waals surface area contributed by atoms with Crippen molar-refractivity contribution in [3.05, 3.63) is 34.5 Å². The number of carbonyl (C=O) groups excluding carboxylic acids is 1. The lowest BCUT2D eigenvalue weighted by molar-refractivity contribution is 0.0694. The molecule has 0 atom stereocenters. The summed E-state index contributed by atoms with van der Waals surface area (Å²) in [6.07, 6.45) is 1.55. The van der Waals surface area contributed by atoms with Gasteiger partial charge in [0.25, 0.3) is 5.91 Å². The van der Waals surface area contributed by atoms with Crippen molar-refractivity contribution in [1.82, 2.24) is 5.32 Å². The largest absolute Gasteiger partial charge is 0.478 e. The number of aromatic carboxylic acids is 1. The van der Waals surface area contributed by atoms with Gasteiger partial charge in [0.1, 0.15) is 0 Å². The standard InChI is InChI=1S/C11H9I3N2O3/c1-2-3-16-10(17)4-6(12)5(11(18)19)8(14)9(15)7(4)13/h2H,1,3,15H2,(H,16,17)(H,18,19). The monoisotopic (exact) mass is 598 g/mol. The van der Waals surface area contributed by atoms with Crippen LogP contribution < -0.4 is 11.1 Å². The van der Waals surface area contributed by atoms with Crippen LogP contribution in [-0.4, -0.2) is 23.5 Å². The van der Waals surface area contributed by atoms with Crippen molar-refractivity contribution in [2.75, 3.05) is 12.3 Å². The molecule has 0 aliphatic heterocycles. The zero-order chi connectivity index (χ0) is 14.7. The van der Waals surface area contributed by atoms with Crippen molar-refractivity contribution in [2.45, 2.75) is 0 Å². The molecule has 4 N–H and O–H groups in total. The van der Waals surface area contributed by atoms with Crippen molar-refractivity contribution in [2.24, 2.45) is 0 Å². The Balaban J connectivity index is 3.52. The summed E-state index contributed by atoms with van der Waals surface area (Å²) < 4.78 is 1.38. The summed E-state index contributed by atoms with van der Waals surface area (Å²) in [6.45, 7) is 3.81. The Morgan fingerprint density at radius 3 is 2.21 bits per heavy atom. The third-order valence-corrected chi connectivity index (χ3v) is 5.52. The number of hydrogen-bond donors (Lipinski definition) is 3. The Kier molecular flexibility index (Phi) is 6.29. The van der Waals surface area contributed by atoms with Crippen molar-refractivity contribution >= 4 is 85.3 Å². The van der Waals surface area contributed by atoms with Gasteiger partial charge >= 0.3 is 5.97 Å². The number of benzene rings is 1. The van der Waals surface area contributed by atoms with Gasteiger partial charge in [-0.3, -0.25) is 4.79 Å². The fourth-order valence-corrected chi connectivity index (χ4v) is 5.44. The van der Waals surface area contributed by atoms with Crippen LogP contribution >= 0.6 is 67.8 Å². The quantitative estimate of drug-likeness (QED) is 0.283. The van der Waals surface area contributed by atoms with E-state index in [9.17, 15) is 14.7 Å². The van der Waals surface area contributed by atoms with Crippen LogP contribution in [0.25, 0.3) is 0 Å². The van der Waals surface area contributed by atoms with Crippen LogP contribution in [0.4, 0.5) is 5.69 Å². The SMILES string of the molecule is C=CCNC(=O)c1c(I)c(N)c(I)c(C(=O)O)c1I. The number of rotatable bonds is 4. The van der Waals surface area contributed by atoms with Crippen LogP contribution in [0.1, 0.15) is 20.7 Å². The second kappa shape index (κ2) is 7.06. The molecule has 1 aromatic carbocycles. The average molecular weight is 598 g/mol. The molecule has 0 saturated heterocycles. The topological polar surface area (TPSA) is 92.4 Å². The molecule has 0 aliphatic carbocycles. The molecule has 0 unspecified atom stereocenters. The summed E-state index contributed by atoms with van der Waals surface area (Å²) in [7, 11) is 0. The Morgan fingerprint density at radius 2 is 1.74 bits per heavy atom. The van der Waals surface area contributed by atoms with Crippen molar-refractivity contribution < 1.29 is 14.7 Å². The van der Waals surface area contributed by atoms with Gasteiger partial charge in [-0.25, -0.2) is 4.79 Å². The Hall–Kier alpha value is -0.110. The molecule has 8 heteroatoms. The highest BCUT2D eigenvalue weighted by molar-refractivity contribution is 14.1. The minimum Gasteiger partial charge on any atom is -0.478 e. The molecule has 1 aromatic rings. The van der Waals surface area contributed by atoms with E-state index in [-0.39, 0.29) is 11.5 Å². The zero-order valence-corrected chi connectivity index (χ0v) is 15.9. The van der Waals surface area contributed by atoms with E-state index < -0.39 is 5.97 Å². The first-order valence-electron chi connectivity index (χ1n) is 4.91. The number of anilines is 1. The third-order valence-electron chi connectivity index (χ3n) is 2.20. The molecule has 0 aromatic heterocycles. The number of carboxylic acid groups (broad SMARTS) is 1. The second-order valence-corrected chi connectivity index (χ2v) is 6.65. The Bertz CT molecular complexity index is 573. The van der Waals surface area contributed by atoms with E-state index in [2.05, 4.69) is 11.9 Å². The Morgan fingerprint density at radius 1 is 1.21 bits per heavy atom. The molecule has 5 nitrogen and oxygen atoms in total. The molecule has 0 saturated carbocycles. The Labute approximate surface area is 150 Å². The highest BCUT2D eigenvalue weighted by atomic mass is 127. The van der Waals surface area contributed by atoms with Crippen LogP contribution in [0.2, 0.25) is 0 Å². The van der Waals surface area contributed by atoms with Gasteiger partial charge in [0.2, 0.25) is 0 Å². The summed E-state index contributed by atoms with van der Waals surface area (Å²) in [4.78, 5) is 23.3. The lowest BCUT2D eigenvalue weighted by Gasteiger charge is -2.14. The summed E-state index contributed by atoms with van der Waals surface area (Å²) in [5, 5.41) is 11.9. The van der Waals surface area contributed by atoms with Gasteiger partial charge in [0.15, 0.2) is 0 Å². The van der Waals surface area contributed by atoms with Crippen LogP contribution in [0.5, 0.6) is 0 Å². The first kappa shape index (κ1) is 16.9. The van der Waals surface area contributed by atoms with E-state index in [0.29, 0.717) is 28.5 Å². The number of halogens is 3. The number of carboxylic acids is 1. The average Bonchev–Trinajstić information content (AvgIpc) is 2.33. The number of amides is 1. The van der Waals surface area contributed by atoms with Gasteiger partial charge in [-0.2, -0.15) is 0 Å². The van der Waals surface area contributed by atoms with Crippen molar-refractivity contribution in [1.29, 1.82) is 0 Å². The number of carbonyl (C=O) groups is 2. The fraction of sp³-hybridized carbons (Fsp3) is 0.0909. The van der Waals surface area contributed by atoms with Crippen LogP contribution in [-0.2, 0) is 0 Å². The molecule has 0 aliphatic rings. The molecule has 0 radical (unpaired) electrons. The maximum absolute atomic E-state index is 12.1. The van der Waals surface area contributed by atoms with Gasteiger partial charge in [-0.1, -0.05) is 6.08 Å². The zero-order valence-electron chi connectivity index (χ0n) is 9.47. The molecule has 1 rings (SSSR count). The number of nitrogen functional groups attached to an aromatic ring is 1. The molecule has 19 heavy (non-hydrogen) atoms. The van der Waals surface area contributed by atoms with Gasteiger partial charge in [-0.15, -0.1) is 6.58 Å². The predicted octanol–water partition coefficient (Wildman–Crippen LogP) is 2.70. The maximum Gasteiger partial charge on any atom is 0.337 e. The van der Waals surface area contributed by atoms with E-state index in [0.717, 1.165) is 0 Å². The molecule has 102 valence electrons. The molecule has 1 amide bonds. The van der Waals surface area contributed by atoms with Gasteiger partial charge in [0, 0.05) is 10.1 Å². The molecule has 0 spiro atoms. The molecular formula is C11H9I3N2O3. The molecule has 0 fully saturated rings. The summed E-state index contributed by atoms with van der Waals surface area (Å²) in [5.74, 6) is -1.46. The van der Waals surface area contributed by atoms with E-state index in [1.807, 2.05) is 67.8 Å².